The van der Waals surface area contributed by atoms with Gasteiger partial charge in [-0.2, -0.15) is 10.2 Å². The molecule has 0 saturated heterocycles. The zero-order chi connectivity index (χ0) is 18.0. The molecular weight excluding hydrogens is 368 g/mol. The van der Waals surface area contributed by atoms with Crippen molar-refractivity contribution in [2.24, 2.45) is 0 Å². The van der Waals surface area contributed by atoms with Crippen molar-refractivity contribution >= 4 is 34.9 Å². The highest BCUT2D eigenvalue weighted by molar-refractivity contribution is 6.33. The topological polar surface area (TPSA) is 64.7 Å². The van der Waals surface area contributed by atoms with Crippen molar-refractivity contribution in [3.05, 3.63) is 63.8 Å². The summed E-state index contributed by atoms with van der Waals surface area (Å²) in [4.78, 5) is 12.1. The van der Waals surface area contributed by atoms with Crippen LogP contribution in [-0.2, 0) is 17.9 Å². The first-order chi connectivity index (χ1) is 11.9. The number of nitrogens with zero attached hydrogens (tertiary/aromatic N) is 4. The molecule has 130 valence electrons. The van der Waals surface area contributed by atoms with E-state index in [9.17, 15) is 9.18 Å². The largest absolute Gasteiger partial charge is 0.306 e. The normalized spacial score (nSPS) is 10.9. The van der Waals surface area contributed by atoms with Crippen LogP contribution < -0.4 is 5.32 Å². The third-order valence-corrected chi connectivity index (χ3v) is 4.22. The zero-order valence-electron chi connectivity index (χ0n) is 13.2. The van der Waals surface area contributed by atoms with Gasteiger partial charge >= 0.3 is 0 Å². The molecule has 9 heteroatoms. The lowest BCUT2D eigenvalue weighted by atomic mass is 10.2. The molecule has 0 radical (unpaired) electrons. The Bertz CT molecular complexity index is 904. The molecule has 3 aromatic rings. The lowest BCUT2D eigenvalue weighted by Crippen LogP contribution is -2.20. The molecule has 1 amide bonds. The van der Waals surface area contributed by atoms with Crippen LogP contribution in [0.1, 0.15) is 11.3 Å². The fraction of sp³-hybridized carbons (Fsp3) is 0.188. The molecule has 0 fully saturated rings. The standard InChI is InChI=1S/C16H14Cl2FN5O/c1-10-13(17)6-20-24(10)9-15(25)21-16-14(18)8-23(22-16)7-11-2-4-12(19)5-3-11/h2-6,8H,7,9H2,1H3,(H,21,22,25). The monoisotopic (exact) mass is 381 g/mol. The minimum Gasteiger partial charge on any atom is -0.306 e. The molecule has 0 saturated carbocycles. The van der Waals surface area contributed by atoms with Crippen molar-refractivity contribution in [1.29, 1.82) is 0 Å². The fourth-order valence-corrected chi connectivity index (χ4v) is 2.57. The van der Waals surface area contributed by atoms with E-state index in [1.54, 1.807) is 29.9 Å². The third kappa shape index (κ3) is 4.18. The number of anilines is 1. The van der Waals surface area contributed by atoms with Gasteiger partial charge in [-0.25, -0.2) is 4.39 Å². The van der Waals surface area contributed by atoms with Crippen molar-refractivity contribution in [2.75, 3.05) is 5.32 Å². The molecule has 0 unspecified atom stereocenters. The van der Waals surface area contributed by atoms with E-state index in [1.807, 2.05) is 0 Å². The number of nitrogens with one attached hydrogen (secondary N) is 1. The summed E-state index contributed by atoms with van der Waals surface area (Å²) in [5.74, 6) is -0.370. The van der Waals surface area contributed by atoms with Gasteiger partial charge in [0.15, 0.2) is 5.82 Å². The van der Waals surface area contributed by atoms with Crippen LogP contribution in [-0.4, -0.2) is 25.5 Å². The van der Waals surface area contributed by atoms with Crippen LogP contribution in [0.15, 0.2) is 36.7 Å². The average molecular weight is 382 g/mol. The Kier molecular flexibility index (Phi) is 5.06. The van der Waals surface area contributed by atoms with Crippen molar-refractivity contribution < 1.29 is 9.18 Å². The molecule has 0 spiro atoms. The molecule has 25 heavy (non-hydrogen) atoms. The van der Waals surface area contributed by atoms with Crippen molar-refractivity contribution in [1.82, 2.24) is 19.6 Å². The number of halogens is 3. The second-order valence-corrected chi connectivity index (χ2v) is 6.25. The van der Waals surface area contributed by atoms with Crippen LogP contribution in [0, 0.1) is 12.7 Å². The maximum absolute atomic E-state index is 12.9. The zero-order valence-corrected chi connectivity index (χ0v) is 14.7. The lowest BCUT2D eigenvalue weighted by Gasteiger charge is -2.05. The van der Waals surface area contributed by atoms with Crippen LogP contribution >= 0.6 is 23.2 Å². The molecule has 3 rings (SSSR count). The van der Waals surface area contributed by atoms with Gasteiger partial charge in [-0.3, -0.25) is 14.2 Å². The smallest absolute Gasteiger partial charge is 0.247 e. The summed E-state index contributed by atoms with van der Waals surface area (Å²) in [6.07, 6.45) is 3.07. The number of rotatable bonds is 5. The summed E-state index contributed by atoms with van der Waals surface area (Å²) < 4.78 is 16.0. The minimum absolute atomic E-state index is 0.000293. The summed E-state index contributed by atoms with van der Waals surface area (Å²) in [5, 5.41) is 11.7. The Hall–Kier alpha value is -2.38. The first-order valence-electron chi connectivity index (χ1n) is 7.37. The van der Waals surface area contributed by atoms with E-state index in [0.29, 0.717) is 22.3 Å². The number of carbonyl (C=O) groups is 1. The van der Waals surface area contributed by atoms with Gasteiger partial charge in [-0.1, -0.05) is 35.3 Å². The maximum Gasteiger partial charge on any atom is 0.247 e. The van der Waals surface area contributed by atoms with Crippen LogP contribution in [0.25, 0.3) is 0 Å². The highest BCUT2D eigenvalue weighted by Crippen LogP contribution is 2.20. The van der Waals surface area contributed by atoms with E-state index in [1.165, 1.54) is 23.0 Å². The van der Waals surface area contributed by atoms with Gasteiger partial charge in [0.05, 0.1) is 23.5 Å². The van der Waals surface area contributed by atoms with E-state index >= 15 is 0 Å². The van der Waals surface area contributed by atoms with Gasteiger partial charge in [-0.05, 0) is 24.6 Å². The third-order valence-electron chi connectivity index (χ3n) is 3.57. The molecule has 0 aliphatic carbocycles. The van der Waals surface area contributed by atoms with E-state index in [4.69, 9.17) is 23.2 Å². The highest BCUT2D eigenvalue weighted by atomic mass is 35.5. The highest BCUT2D eigenvalue weighted by Gasteiger charge is 2.13. The number of hydrogen-bond donors (Lipinski definition) is 1. The Balaban J connectivity index is 1.66. The van der Waals surface area contributed by atoms with Gasteiger partial charge in [0.2, 0.25) is 5.91 Å². The van der Waals surface area contributed by atoms with Crippen molar-refractivity contribution in [2.45, 2.75) is 20.0 Å². The first-order valence-corrected chi connectivity index (χ1v) is 8.13. The minimum atomic E-state index is -0.322. The first kappa shape index (κ1) is 17.4. The number of amides is 1. The molecule has 0 aliphatic heterocycles. The summed E-state index contributed by atoms with van der Waals surface area (Å²) in [6.45, 7) is 2.18. The summed E-state index contributed by atoms with van der Waals surface area (Å²) in [7, 11) is 0. The Labute approximate surface area is 153 Å². The summed E-state index contributed by atoms with van der Waals surface area (Å²) in [6, 6.07) is 6.07. The molecule has 2 aromatic heterocycles. The van der Waals surface area contributed by atoms with Crippen LogP contribution in [0.3, 0.4) is 0 Å². The van der Waals surface area contributed by atoms with E-state index in [0.717, 1.165) is 5.56 Å². The molecule has 1 N–H and O–H groups in total. The fourth-order valence-electron chi connectivity index (χ4n) is 2.23. The maximum atomic E-state index is 12.9. The van der Waals surface area contributed by atoms with Crippen molar-refractivity contribution in [3.63, 3.8) is 0 Å². The van der Waals surface area contributed by atoms with E-state index < -0.39 is 0 Å². The van der Waals surface area contributed by atoms with Crippen LogP contribution in [0.5, 0.6) is 0 Å². The quantitative estimate of drug-likeness (QED) is 0.735. The summed E-state index contributed by atoms with van der Waals surface area (Å²) in [5.41, 5.74) is 1.56. The van der Waals surface area contributed by atoms with Gasteiger partial charge in [0.25, 0.3) is 0 Å². The molecule has 0 atom stereocenters. The number of carbonyl (C=O) groups excluding carboxylic acids is 1. The summed E-state index contributed by atoms with van der Waals surface area (Å²) >= 11 is 12.0. The number of benzene rings is 1. The lowest BCUT2D eigenvalue weighted by molar-refractivity contribution is -0.117. The number of hydrogen-bond acceptors (Lipinski definition) is 3. The second-order valence-electron chi connectivity index (χ2n) is 5.43. The second kappa shape index (κ2) is 7.25. The van der Waals surface area contributed by atoms with Gasteiger partial charge in [0, 0.05) is 6.20 Å². The predicted octanol–water partition coefficient (Wildman–Crippen LogP) is 3.52. The van der Waals surface area contributed by atoms with Gasteiger partial charge in [0.1, 0.15) is 17.4 Å². The molecule has 0 bridgehead atoms. The molecule has 6 nitrogen and oxygen atoms in total. The van der Waals surface area contributed by atoms with Gasteiger partial charge < -0.3 is 5.32 Å². The molecule has 0 aliphatic rings. The number of aromatic nitrogens is 4. The van der Waals surface area contributed by atoms with Crippen LogP contribution in [0.2, 0.25) is 10.0 Å². The average Bonchev–Trinajstić information content (AvgIpc) is 3.06. The van der Waals surface area contributed by atoms with E-state index in [2.05, 4.69) is 15.5 Å². The molecule has 2 heterocycles. The van der Waals surface area contributed by atoms with Crippen LogP contribution in [0.4, 0.5) is 10.2 Å². The Morgan fingerprint density at radius 3 is 2.60 bits per heavy atom. The Morgan fingerprint density at radius 2 is 1.96 bits per heavy atom. The molecule has 1 aromatic carbocycles. The predicted molar refractivity (Wildman–Crippen MR) is 93.3 cm³/mol. The van der Waals surface area contributed by atoms with E-state index in [-0.39, 0.29) is 24.1 Å². The van der Waals surface area contributed by atoms with Gasteiger partial charge in [-0.15, -0.1) is 0 Å². The Morgan fingerprint density at radius 1 is 1.24 bits per heavy atom. The SMILES string of the molecule is Cc1c(Cl)cnn1CC(=O)Nc1nn(Cc2ccc(F)cc2)cc1Cl. The molecular formula is C16H14Cl2FN5O. The van der Waals surface area contributed by atoms with Crippen molar-refractivity contribution in [3.8, 4) is 0 Å².